The van der Waals surface area contributed by atoms with E-state index in [2.05, 4.69) is 21.1 Å². The minimum atomic E-state index is -0.279. The number of fused-ring (bicyclic) bond motifs is 1. The maximum Gasteiger partial charge on any atom is 0.166 e. The Morgan fingerprint density at radius 3 is 2.60 bits per heavy atom. The molecule has 4 rings (SSSR count). The molecule has 0 bridgehead atoms. The quantitative estimate of drug-likeness (QED) is 0.545. The lowest BCUT2D eigenvalue weighted by Gasteiger charge is -2.08. The van der Waals surface area contributed by atoms with E-state index in [1.165, 1.54) is 24.7 Å². The van der Waals surface area contributed by atoms with E-state index in [9.17, 15) is 9.65 Å². The van der Waals surface area contributed by atoms with Crippen LogP contribution in [0, 0.1) is 31.0 Å². The first-order chi connectivity index (χ1) is 12.1. The van der Waals surface area contributed by atoms with Crippen LogP contribution >= 0.6 is 11.3 Å². The molecule has 3 heterocycles. The molecular weight excluding hydrogens is 337 g/mol. The molecule has 0 spiro atoms. The fourth-order valence-corrected chi connectivity index (χ4v) is 3.89. The summed E-state index contributed by atoms with van der Waals surface area (Å²) in [4.78, 5) is 10.7. The van der Waals surface area contributed by atoms with Gasteiger partial charge in [-0.1, -0.05) is 12.1 Å². The highest BCUT2D eigenvalue weighted by molar-refractivity contribution is 7.19. The molecule has 0 aliphatic rings. The monoisotopic (exact) mass is 349 g/mol. The minimum Gasteiger partial charge on any atom is -0.225 e. The summed E-state index contributed by atoms with van der Waals surface area (Å²) in [5, 5.41) is 14.4. The van der Waals surface area contributed by atoms with E-state index in [1.807, 2.05) is 13.8 Å². The summed E-state index contributed by atoms with van der Waals surface area (Å²) >= 11 is 1.55. The van der Waals surface area contributed by atoms with Crippen LogP contribution in [-0.4, -0.2) is 19.7 Å². The van der Waals surface area contributed by atoms with E-state index in [0.717, 1.165) is 31.9 Å². The second-order valence-corrected chi connectivity index (χ2v) is 6.79. The third-order valence-electron chi connectivity index (χ3n) is 4.11. The molecule has 0 aliphatic carbocycles. The van der Waals surface area contributed by atoms with Gasteiger partial charge >= 0.3 is 0 Å². The number of nitrogens with zero attached hydrogens (tertiary/aromatic N) is 5. The zero-order valence-electron chi connectivity index (χ0n) is 13.5. The van der Waals surface area contributed by atoms with Gasteiger partial charge < -0.3 is 0 Å². The lowest BCUT2D eigenvalue weighted by atomic mass is 10.0. The summed E-state index contributed by atoms with van der Waals surface area (Å²) in [5.74, 6) is 0.340. The predicted octanol–water partition coefficient (Wildman–Crippen LogP) is 4.17. The molecule has 0 N–H and O–H groups in total. The van der Waals surface area contributed by atoms with Crippen LogP contribution in [0.15, 0.2) is 36.8 Å². The van der Waals surface area contributed by atoms with Crippen molar-refractivity contribution < 1.29 is 4.39 Å². The molecule has 1 aromatic carbocycles. The van der Waals surface area contributed by atoms with Crippen LogP contribution in [0.5, 0.6) is 0 Å². The first-order valence-electron chi connectivity index (χ1n) is 7.55. The van der Waals surface area contributed by atoms with E-state index in [4.69, 9.17) is 0 Å². The van der Waals surface area contributed by atoms with Gasteiger partial charge in [0.05, 0.1) is 22.8 Å². The Morgan fingerprint density at radius 2 is 1.92 bits per heavy atom. The van der Waals surface area contributed by atoms with Crippen molar-refractivity contribution in [2.75, 3.05) is 0 Å². The van der Waals surface area contributed by atoms with Crippen LogP contribution in [0.1, 0.15) is 16.1 Å². The molecule has 0 unspecified atom stereocenters. The molecule has 0 amide bonds. The van der Waals surface area contributed by atoms with Crippen molar-refractivity contribution in [3.05, 3.63) is 58.7 Å². The first-order valence-corrected chi connectivity index (χ1v) is 8.37. The number of benzene rings is 1. The third-order valence-corrected chi connectivity index (χ3v) is 5.12. The standard InChI is InChI=1S/C18H12FN5S/c1-10-13(7-20)8-23-24(10)17-16-15(12-3-5-14(19)6-4-12)11(2)25-18(16)22-9-21-17/h3-6,8-9H,1-2H3. The molecule has 4 aromatic rings. The average molecular weight is 349 g/mol. The summed E-state index contributed by atoms with van der Waals surface area (Å²) in [7, 11) is 0. The Bertz CT molecular complexity index is 1130. The van der Waals surface area contributed by atoms with E-state index in [1.54, 1.807) is 28.2 Å². The topological polar surface area (TPSA) is 67.4 Å². The number of hydrogen-bond donors (Lipinski definition) is 0. The Balaban J connectivity index is 2.05. The molecule has 0 saturated carbocycles. The van der Waals surface area contributed by atoms with Crippen molar-refractivity contribution in [2.45, 2.75) is 13.8 Å². The third kappa shape index (κ3) is 2.39. The molecule has 0 radical (unpaired) electrons. The van der Waals surface area contributed by atoms with Gasteiger partial charge in [-0.15, -0.1) is 11.3 Å². The van der Waals surface area contributed by atoms with Crippen LogP contribution in [0.3, 0.4) is 0 Å². The Hall–Kier alpha value is -3.11. The molecule has 122 valence electrons. The van der Waals surface area contributed by atoms with E-state index in [0.29, 0.717) is 11.4 Å². The number of aryl methyl sites for hydroxylation is 1. The van der Waals surface area contributed by atoms with E-state index in [-0.39, 0.29) is 5.82 Å². The Labute approximate surface area is 147 Å². The zero-order valence-corrected chi connectivity index (χ0v) is 14.3. The fourth-order valence-electron chi connectivity index (χ4n) is 2.89. The van der Waals surface area contributed by atoms with Gasteiger partial charge in [0.2, 0.25) is 0 Å². The lowest BCUT2D eigenvalue weighted by molar-refractivity contribution is 0.628. The van der Waals surface area contributed by atoms with Gasteiger partial charge in [-0.3, -0.25) is 0 Å². The first kappa shape index (κ1) is 15.4. The number of aromatic nitrogens is 4. The zero-order chi connectivity index (χ0) is 17.6. The van der Waals surface area contributed by atoms with Crippen molar-refractivity contribution in [3.8, 4) is 23.0 Å². The molecule has 7 heteroatoms. The van der Waals surface area contributed by atoms with Crippen LogP contribution < -0.4 is 0 Å². The highest BCUT2D eigenvalue weighted by atomic mass is 32.1. The number of hydrogen-bond acceptors (Lipinski definition) is 5. The molecule has 0 atom stereocenters. The normalized spacial score (nSPS) is 11.0. The van der Waals surface area contributed by atoms with Gasteiger partial charge in [-0.2, -0.15) is 10.4 Å². The molecule has 25 heavy (non-hydrogen) atoms. The summed E-state index contributed by atoms with van der Waals surface area (Å²) in [6.45, 7) is 3.84. The maximum absolute atomic E-state index is 13.3. The van der Waals surface area contributed by atoms with Crippen molar-refractivity contribution >= 4 is 21.6 Å². The summed E-state index contributed by atoms with van der Waals surface area (Å²) in [6.07, 6.45) is 3.02. The Morgan fingerprint density at radius 1 is 1.16 bits per heavy atom. The summed E-state index contributed by atoms with van der Waals surface area (Å²) in [6, 6.07) is 8.50. The van der Waals surface area contributed by atoms with Crippen LogP contribution in [0.25, 0.3) is 27.2 Å². The van der Waals surface area contributed by atoms with Crippen molar-refractivity contribution in [1.82, 2.24) is 19.7 Å². The molecular formula is C18H12FN5S. The summed E-state index contributed by atoms with van der Waals surface area (Å²) in [5.41, 5.74) is 3.08. The number of halogens is 1. The van der Waals surface area contributed by atoms with Gasteiger partial charge in [-0.05, 0) is 31.5 Å². The van der Waals surface area contributed by atoms with Crippen molar-refractivity contribution in [2.24, 2.45) is 0 Å². The second-order valence-electron chi connectivity index (χ2n) is 5.58. The molecule has 0 aliphatic heterocycles. The predicted molar refractivity (Wildman–Crippen MR) is 94.1 cm³/mol. The van der Waals surface area contributed by atoms with Gasteiger partial charge in [0, 0.05) is 10.4 Å². The minimum absolute atomic E-state index is 0.279. The van der Waals surface area contributed by atoms with E-state index < -0.39 is 0 Å². The molecule has 0 saturated heterocycles. The second kappa shape index (κ2) is 5.76. The highest BCUT2D eigenvalue weighted by Crippen LogP contribution is 2.39. The van der Waals surface area contributed by atoms with Crippen molar-refractivity contribution in [3.63, 3.8) is 0 Å². The van der Waals surface area contributed by atoms with Gasteiger partial charge in [-0.25, -0.2) is 19.0 Å². The largest absolute Gasteiger partial charge is 0.225 e. The smallest absolute Gasteiger partial charge is 0.166 e. The average Bonchev–Trinajstić information content (AvgIpc) is 3.14. The lowest BCUT2D eigenvalue weighted by Crippen LogP contribution is -2.03. The highest BCUT2D eigenvalue weighted by Gasteiger charge is 2.20. The van der Waals surface area contributed by atoms with Crippen LogP contribution in [0.4, 0.5) is 4.39 Å². The number of rotatable bonds is 2. The van der Waals surface area contributed by atoms with Crippen molar-refractivity contribution in [1.29, 1.82) is 5.26 Å². The Kier molecular flexibility index (Phi) is 3.55. The molecule has 0 fully saturated rings. The fraction of sp³-hybridized carbons (Fsp3) is 0.111. The molecule has 5 nitrogen and oxygen atoms in total. The SMILES string of the molecule is Cc1sc2ncnc(-n3ncc(C#N)c3C)c2c1-c1ccc(F)cc1. The number of thiophene rings is 1. The van der Waals surface area contributed by atoms with Crippen LogP contribution in [-0.2, 0) is 0 Å². The maximum atomic E-state index is 13.3. The van der Waals surface area contributed by atoms with Gasteiger partial charge in [0.1, 0.15) is 23.0 Å². The summed E-state index contributed by atoms with van der Waals surface area (Å²) < 4.78 is 15.0. The van der Waals surface area contributed by atoms with E-state index >= 15 is 0 Å². The van der Waals surface area contributed by atoms with Gasteiger partial charge in [0.15, 0.2) is 5.82 Å². The number of nitriles is 1. The molecule has 3 aromatic heterocycles. The van der Waals surface area contributed by atoms with Crippen LogP contribution in [0.2, 0.25) is 0 Å². The van der Waals surface area contributed by atoms with Gasteiger partial charge in [0.25, 0.3) is 0 Å².